The molecule has 0 saturated heterocycles. The summed E-state index contributed by atoms with van der Waals surface area (Å²) in [6, 6.07) is 1.08. The molecule has 0 spiro atoms. The number of aliphatic hydroxyl groups excluding tert-OH is 1. The molecule has 2 N–H and O–H groups in total. The van der Waals surface area contributed by atoms with Gasteiger partial charge in [0.1, 0.15) is 0 Å². The number of aliphatic hydroxyl groups is 1. The standard InChI is InChI=1S/C14H27NO/c1-2-4-11-7-9-12(10-8-11)15-13-5-3-6-14(13)16/h11-16H,2-10H2,1H3/t11?,12?,13-,14-/m0/s1. The van der Waals surface area contributed by atoms with Crippen LogP contribution in [0, 0.1) is 5.92 Å². The highest BCUT2D eigenvalue weighted by Gasteiger charge is 2.29. The van der Waals surface area contributed by atoms with Gasteiger partial charge in [-0.05, 0) is 50.9 Å². The Bertz CT molecular complexity index is 199. The van der Waals surface area contributed by atoms with E-state index in [1.54, 1.807) is 0 Å². The van der Waals surface area contributed by atoms with Gasteiger partial charge in [-0.2, -0.15) is 0 Å². The predicted octanol–water partition coefficient (Wildman–Crippen LogP) is 2.85. The molecular formula is C14H27NO. The lowest BCUT2D eigenvalue weighted by Crippen LogP contribution is -2.44. The van der Waals surface area contributed by atoms with Gasteiger partial charge in [0.05, 0.1) is 6.10 Å². The van der Waals surface area contributed by atoms with Crippen LogP contribution >= 0.6 is 0 Å². The number of hydrogen-bond acceptors (Lipinski definition) is 2. The fourth-order valence-electron chi connectivity index (χ4n) is 3.46. The Balaban J connectivity index is 1.68. The van der Waals surface area contributed by atoms with Gasteiger partial charge in [0, 0.05) is 12.1 Å². The lowest BCUT2D eigenvalue weighted by molar-refractivity contribution is 0.134. The molecule has 2 aliphatic rings. The molecule has 0 unspecified atom stereocenters. The summed E-state index contributed by atoms with van der Waals surface area (Å²) in [5.74, 6) is 0.983. The summed E-state index contributed by atoms with van der Waals surface area (Å²) in [6.07, 6.45) is 11.5. The molecule has 2 saturated carbocycles. The van der Waals surface area contributed by atoms with E-state index in [9.17, 15) is 5.11 Å². The van der Waals surface area contributed by atoms with E-state index in [0.717, 1.165) is 12.3 Å². The normalized spacial score (nSPS) is 40.1. The Morgan fingerprint density at radius 3 is 2.38 bits per heavy atom. The van der Waals surface area contributed by atoms with Crippen molar-refractivity contribution in [1.29, 1.82) is 0 Å². The minimum atomic E-state index is -0.0756. The molecule has 2 fully saturated rings. The summed E-state index contributed by atoms with van der Waals surface area (Å²) in [4.78, 5) is 0. The van der Waals surface area contributed by atoms with E-state index in [1.807, 2.05) is 0 Å². The number of nitrogens with one attached hydrogen (secondary N) is 1. The third kappa shape index (κ3) is 3.21. The van der Waals surface area contributed by atoms with E-state index in [4.69, 9.17) is 0 Å². The van der Waals surface area contributed by atoms with E-state index >= 15 is 0 Å². The third-order valence-electron chi connectivity index (χ3n) is 4.47. The molecule has 2 rings (SSSR count). The molecule has 0 aliphatic heterocycles. The first-order valence-corrected chi connectivity index (χ1v) is 7.23. The summed E-state index contributed by atoms with van der Waals surface area (Å²) in [7, 11) is 0. The molecule has 16 heavy (non-hydrogen) atoms. The van der Waals surface area contributed by atoms with Crippen LogP contribution < -0.4 is 5.32 Å². The summed E-state index contributed by atoms with van der Waals surface area (Å²) in [6.45, 7) is 2.29. The third-order valence-corrected chi connectivity index (χ3v) is 4.47. The first-order chi connectivity index (χ1) is 7.79. The van der Waals surface area contributed by atoms with Crippen LogP contribution in [-0.2, 0) is 0 Å². The van der Waals surface area contributed by atoms with Gasteiger partial charge in [0.25, 0.3) is 0 Å². The van der Waals surface area contributed by atoms with Gasteiger partial charge >= 0.3 is 0 Å². The molecule has 0 heterocycles. The maximum atomic E-state index is 9.79. The van der Waals surface area contributed by atoms with Gasteiger partial charge < -0.3 is 10.4 Å². The van der Waals surface area contributed by atoms with Crippen molar-refractivity contribution in [2.75, 3.05) is 0 Å². The maximum Gasteiger partial charge on any atom is 0.0693 e. The molecule has 0 aromatic heterocycles. The summed E-state index contributed by atoms with van der Waals surface area (Å²) < 4.78 is 0. The van der Waals surface area contributed by atoms with E-state index in [1.165, 1.54) is 51.4 Å². The van der Waals surface area contributed by atoms with Crippen molar-refractivity contribution in [3.8, 4) is 0 Å². The highest BCUT2D eigenvalue weighted by molar-refractivity contribution is 4.87. The fourth-order valence-corrected chi connectivity index (χ4v) is 3.46. The molecule has 2 atom stereocenters. The average molecular weight is 225 g/mol. The zero-order chi connectivity index (χ0) is 11.4. The lowest BCUT2D eigenvalue weighted by atomic mass is 9.83. The van der Waals surface area contributed by atoms with E-state index in [0.29, 0.717) is 12.1 Å². The van der Waals surface area contributed by atoms with Crippen molar-refractivity contribution in [2.24, 2.45) is 5.92 Å². The van der Waals surface area contributed by atoms with Crippen LogP contribution in [-0.4, -0.2) is 23.3 Å². The molecule has 0 bridgehead atoms. The van der Waals surface area contributed by atoms with Crippen LogP contribution in [0.15, 0.2) is 0 Å². The minimum absolute atomic E-state index is 0.0756. The summed E-state index contributed by atoms with van der Waals surface area (Å²) in [5.41, 5.74) is 0. The van der Waals surface area contributed by atoms with Crippen molar-refractivity contribution in [3.63, 3.8) is 0 Å². The zero-order valence-electron chi connectivity index (χ0n) is 10.6. The van der Waals surface area contributed by atoms with Crippen LogP contribution in [0.5, 0.6) is 0 Å². The van der Waals surface area contributed by atoms with Gasteiger partial charge in [0.2, 0.25) is 0 Å². The van der Waals surface area contributed by atoms with E-state index < -0.39 is 0 Å². The van der Waals surface area contributed by atoms with Crippen LogP contribution in [0.1, 0.15) is 64.7 Å². The SMILES string of the molecule is CCCC1CCC(N[C@H]2CCC[C@@H]2O)CC1. The van der Waals surface area contributed by atoms with Crippen LogP contribution in [0.3, 0.4) is 0 Å². The Morgan fingerprint density at radius 1 is 1.06 bits per heavy atom. The molecule has 2 aliphatic carbocycles. The first-order valence-electron chi connectivity index (χ1n) is 7.23. The van der Waals surface area contributed by atoms with E-state index in [-0.39, 0.29) is 6.10 Å². The highest BCUT2D eigenvalue weighted by atomic mass is 16.3. The Hall–Kier alpha value is -0.0800. The fraction of sp³-hybridized carbons (Fsp3) is 1.00. The Labute approximate surface area is 99.8 Å². The van der Waals surface area contributed by atoms with Crippen molar-refractivity contribution >= 4 is 0 Å². The van der Waals surface area contributed by atoms with Gasteiger partial charge in [-0.1, -0.05) is 19.8 Å². The second kappa shape index (κ2) is 6.02. The Kier molecular flexibility index (Phi) is 4.66. The molecule has 2 nitrogen and oxygen atoms in total. The lowest BCUT2D eigenvalue weighted by Gasteiger charge is -2.32. The van der Waals surface area contributed by atoms with Crippen LogP contribution in [0.2, 0.25) is 0 Å². The maximum absolute atomic E-state index is 9.79. The highest BCUT2D eigenvalue weighted by Crippen LogP contribution is 2.29. The van der Waals surface area contributed by atoms with E-state index in [2.05, 4.69) is 12.2 Å². The summed E-state index contributed by atoms with van der Waals surface area (Å²) >= 11 is 0. The molecule has 0 radical (unpaired) electrons. The summed E-state index contributed by atoms with van der Waals surface area (Å²) in [5, 5.41) is 13.5. The van der Waals surface area contributed by atoms with Crippen LogP contribution in [0.4, 0.5) is 0 Å². The van der Waals surface area contributed by atoms with Gasteiger partial charge in [0.15, 0.2) is 0 Å². The van der Waals surface area contributed by atoms with Crippen molar-refractivity contribution in [3.05, 3.63) is 0 Å². The van der Waals surface area contributed by atoms with Crippen molar-refractivity contribution in [2.45, 2.75) is 82.9 Å². The van der Waals surface area contributed by atoms with Gasteiger partial charge in [-0.15, -0.1) is 0 Å². The monoisotopic (exact) mass is 225 g/mol. The zero-order valence-corrected chi connectivity index (χ0v) is 10.6. The van der Waals surface area contributed by atoms with Gasteiger partial charge in [-0.25, -0.2) is 0 Å². The molecular weight excluding hydrogens is 198 g/mol. The largest absolute Gasteiger partial charge is 0.392 e. The second-order valence-corrected chi connectivity index (χ2v) is 5.78. The topological polar surface area (TPSA) is 32.3 Å². The Morgan fingerprint density at radius 2 is 1.81 bits per heavy atom. The minimum Gasteiger partial charge on any atom is -0.392 e. The smallest absolute Gasteiger partial charge is 0.0693 e. The van der Waals surface area contributed by atoms with Crippen molar-refractivity contribution < 1.29 is 5.11 Å². The number of rotatable bonds is 4. The average Bonchev–Trinajstić information content (AvgIpc) is 2.68. The molecule has 0 aromatic rings. The quantitative estimate of drug-likeness (QED) is 0.771. The van der Waals surface area contributed by atoms with Gasteiger partial charge in [-0.3, -0.25) is 0 Å². The van der Waals surface area contributed by atoms with Crippen molar-refractivity contribution in [1.82, 2.24) is 5.32 Å². The molecule has 0 amide bonds. The van der Waals surface area contributed by atoms with Crippen LogP contribution in [0.25, 0.3) is 0 Å². The predicted molar refractivity (Wildman–Crippen MR) is 67.4 cm³/mol. The first kappa shape index (κ1) is 12.4. The second-order valence-electron chi connectivity index (χ2n) is 5.78. The molecule has 0 aromatic carbocycles. The molecule has 94 valence electrons. The molecule has 2 heteroatoms. The number of hydrogen-bond donors (Lipinski definition) is 2.